The number of nitrogens with one attached hydrogen (secondary N) is 1. The van der Waals surface area contributed by atoms with Crippen molar-refractivity contribution in [3.05, 3.63) is 53.6 Å². The number of methoxy groups -OCH3 is 2. The quantitative estimate of drug-likeness (QED) is 0.597. The van der Waals surface area contributed by atoms with E-state index in [2.05, 4.69) is 5.32 Å². The van der Waals surface area contributed by atoms with E-state index in [4.69, 9.17) is 9.47 Å². The van der Waals surface area contributed by atoms with Crippen molar-refractivity contribution >= 4 is 21.6 Å². The van der Waals surface area contributed by atoms with E-state index in [1.54, 1.807) is 37.3 Å². The minimum absolute atomic E-state index is 0.0178. The number of carbonyl (C=O) groups is 1. The smallest absolute Gasteiger partial charge is 0.268 e. The van der Waals surface area contributed by atoms with Crippen LogP contribution in [0.15, 0.2) is 47.4 Å². The summed E-state index contributed by atoms with van der Waals surface area (Å²) in [5, 5.41) is 2.67. The van der Waals surface area contributed by atoms with Crippen molar-refractivity contribution in [3.8, 4) is 5.75 Å². The Kier molecular flexibility index (Phi) is 8.04. The molecular formula is C21H28N2O5S. The molecule has 2 aromatic carbocycles. The molecule has 8 heteroatoms. The summed E-state index contributed by atoms with van der Waals surface area (Å²) < 4.78 is 38.3. The fourth-order valence-corrected chi connectivity index (χ4v) is 4.46. The van der Waals surface area contributed by atoms with E-state index in [1.165, 1.54) is 14.2 Å². The summed E-state index contributed by atoms with van der Waals surface area (Å²) in [6, 6.07) is 12.1. The van der Waals surface area contributed by atoms with E-state index >= 15 is 0 Å². The maximum absolute atomic E-state index is 13.5. The first-order chi connectivity index (χ1) is 13.8. The SMILES string of the molecule is CCc1ccc(N(CC(=O)NCCOC)S(=O)(=O)c2cc(C)ccc2OC)cc1. The standard InChI is InChI=1S/C21H28N2O5S/c1-5-17-7-9-18(10-8-17)23(15-21(24)22-12-13-27-3)29(25,26)20-14-16(2)6-11-19(20)28-4/h6-11,14H,5,12-13,15H2,1-4H3,(H,22,24). The molecule has 0 unspecified atom stereocenters. The summed E-state index contributed by atoms with van der Waals surface area (Å²) in [4.78, 5) is 12.4. The molecule has 0 aromatic heterocycles. The van der Waals surface area contributed by atoms with Gasteiger partial charge in [-0.1, -0.05) is 25.1 Å². The summed E-state index contributed by atoms with van der Waals surface area (Å²) in [5.41, 5.74) is 2.26. The lowest BCUT2D eigenvalue weighted by atomic mass is 10.1. The van der Waals surface area contributed by atoms with Gasteiger partial charge in [0.2, 0.25) is 5.91 Å². The van der Waals surface area contributed by atoms with Crippen LogP contribution < -0.4 is 14.4 Å². The van der Waals surface area contributed by atoms with Gasteiger partial charge in [-0.15, -0.1) is 0 Å². The molecule has 158 valence electrons. The van der Waals surface area contributed by atoms with Crippen molar-refractivity contribution < 1.29 is 22.7 Å². The minimum atomic E-state index is -4.05. The predicted octanol–water partition coefficient (Wildman–Crippen LogP) is 2.52. The molecule has 0 aliphatic heterocycles. The molecule has 1 N–H and O–H groups in total. The second-order valence-electron chi connectivity index (χ2n) is 6.53. The molecule has 0 bridgehead atoms. The predicted molar refractivity (Wildman–Crippen MR) is 113 cm³/mol. The number of rotatable bonds is 10. The number of amides is 1. The molecule has 0 fully saturated rings. The first-order valence-corrected chi connectivity index (χ1v) is 10.8. The maximum atomic E-state index is 13.5. The molecule has 0 heterocycles. The number of carbonyl (C=O) groups excluding carboxylic acids is 1. The zero-order valence-corrected chi connectivity index (χ0v) is 18.1. The van der Waals surface area contributed by atoms with Gasteiger partial charge in [0.05, 0.1) is 19.4 Å². The van der Waals surface area contributed by atoms with Gasteiger partial charge in [-0.2, -0.15) is 0 Å². The summed E-state index contributed by atoms with van der Waals surface area (Å²) in [6.07, 6.45) is 0.830. The highest BCUT2D eigenvalue weighted by atomic mass is 32.2. The molecular weight excluding hydrogens is 392 g/mol. The Bertz CT molecular complexity index is 927. The lowest BCUT2D eigenvalue weighted by Gasteiger charge is -2.25. The fourth-order valence-electron chi connectivity index (χ4n) is 2.80. The number of ether oxygens (including phenoxy) is 2. The molecule has 0 saturated carbocycles. The molecule has 7 nitrogen and oxygen atoms in total. The normalized spacial score (nSPS) is 11.2. The number of hydrogen-bond acceptors (Lipinski definition) is 5. The lowest BCUT2D eigenvalue weighted by Crippen LogP contribution is -2.41. The van der Waals surface area contributed by atoms with Gasteiger partial charge < -0.3 is 14.8 Å². The molecule has 0 atom stereocenters. The van der Waals surface area contributed by atoms with E-state index in [-0.39, 0.29) is 17.2 Å². The molecule has 1 amide bonds. The highest BCUT2D eigenvalue weighted by Crippen LogP contribution is 2.31. The maximum Gasteiger partial charge on any atom is 0.268 e. The van der Waals surface area contributed by atoms with Crippen LogP contribution in [0.25, 0.3) is 0 Å². The zero-order valence-electron chi connectivity index (χ0n) is 17.3. The largest absolute Gasteiger partial charge is 0.495 e. The average molecular weight is 421 g/mol. The Morgan fingerprint density at radius 1 is 1.10 bits per heavy atom. The Morgan fingerprint density at radius 3 is 2.38 bits per heavy atom. The topological polar surface area (TPSA) is 84.9 Å². The Labute approximate surface area is 172 Å². The molecule has 29 heavy (non-hydrogen) atoms. The van der Waals surface area contributed by atoms with Crippen LogP contribution >= 0.6 is 0 Å². The highest BCUT2D eigenvalue weighted by molar-refractivity contribution is 7.93. The molecule has 0 radical (unpaired) electrons. The van der Waals surface area contributed by atoms with Crippen LogP contribution in [0.4, 0.5) is 5.69 Å². The second kappa shape index (κ2) is 10.3. The summed E-state index contributed by atoms with van der Waals surface area (Å²) >= 11 is 0. The summed E-state index contributed by atoms with van der Waals surface area (Å²) in [7, 11) is -1.10. The summed E-state index contributed by atoms with van der Waals surface area (Å²) in [5.74, 6) is -0.192. The highest BCUT2D eigenvalue weighted by Gasteiger charge is 2.30. The van der Waals surface area contributed by atoms with E-state index in [0.717, 1.165) is 21.9 Å². The van der Waals surface area contributed by atoms with Crippen LogP contribution in [-0.2, 0) is 26.0 Å². The number of hydrogen-bond donors (Lipinski definition) is 1. The van der Waals surface area contributed by atoms with Crippen molar-refractivity contribution in [2.75, 3.05) is 38.2 Å². The van der Waals surface area contributed by atoms with Gasteiger partial charge in [0, 0.05) is 13.7 Å². The van der Waals surface area contributed by atoms with Crippen LogP contribution in [0.5, 0.6) is 5.75 Å². The number of benzene rings is 2. The van der Waals surface area contributed by atoms with Crippen LogP contribution in [0, 0.1) is 6.92 Å². The van der Waals surface area contributed by atoms with Gasteiger partial charge in [-0.3, -0.25) is 9.10 Å². The van der Waals surface area contributed by atoms with Crippen molar-refractivity contribution in [1.82, 2.24) is 5.32 Å². The molecule has 2 aromatic rings. The third kappa shape index (κ3) is 5.71. The van der Waals surface area contributed by atoms with Gasteiger partial charge in [-0.25, -0.2) is 8.42 Å². The number of nitrogens with zero attached hydrogens (tertiary/aromatic N) is 1. The van der Waals surface area contributed by atoms with E-state index in [1.807, 2.05) is 19.1 Å². The van der Waals surface area contributed by atoms with Crippen LogP contribution in [-0.4, -0.2) is 48.2 Å². The molecule has 0 aliphatic carbocycles. The Morgan fingerprint density at radius 2 is 1.79 bits per heavy atom. The van der Waals surface area contributed by atoms with Crippen LogP contribution in [0.3, 0.4) is 0 Å². The zero-order chi connectivity index (χ0) is 21.4. The molecule has 0 spiro atoms. The third-order valence-electron chi connectivity index (χ3n) is 4.44. The average Bonchev–Trinajstić information content (AvgIpc) is 2.72. The van der Waals surface area contributed by atoms with Crippen LogP contribution in [0.1, 0.15) is 18.1 Å². The van der Waals surface area contributed by atoms with Gasteiger partial charge in [0.1, 0.15) is 17.2 Å². The number of aryl methyl sites for hydroxylation is 2. The first-order valence-electron chi connectivity index (χ1n) is 9.35. The fraction of sp³-hybridized carbons (Fsp3) is 0.381. The Balaban J connectivity index is 2.47. The van der Waals surface area contributed by atoms with E-state index in [9.17, 15) is 13.2 Å². The van der Waals surface area contributed by atoms with Gasteiger partial charge in [0.15, 0.2) is 0 Å². The number of anilines is 1. The van der Waals surface area contributed by atoms with Crippen molar-refractivity contribution in [3.63, 3.8) is 0 Å². The van der Waals surface area contributed by atoms with Crippen molar-refractivity contribution in [2.45, 2.75) is 25.2 Å². The van der Waals surface area contributed by atoms with Gasteiger partial charge in [0.25, 0.3) is 10.0 Å². The number of sulfonamides is 1. The van der Waals surface area contributed by atoms with Gasteiger partial charge >= 0.3 is 0 Å². The van der Waals surface area contributed by atoms with Crippen LogP contribution in [0.2, 0.25) is 0 Å². The van der Waals surface area contributed by atoms with E-state index in [0.29, 0.717) is 18.8 Å². The van der Waals surface area contributed by atoms with Crippen molar-refractivity contribution in [2.24, 2.45) is 0 Å². The monoisotopic (exact) mass is 420 g/mol. The summed E-state index contributed by atoms with van der Waals surface area (Å²) in [6.45, 7) is 4.11. The third-order valence-corrected chi connectivity index (χ3v) is 6.23. The van der Waals surface area contributed by atoms with E-state index < -0.39 is 15.9 Å². The first kappa shape index (κ1) is 22.7. The molecule has 0 aliphatic rings. The van der Waals surface area contributed by atoms with Crippen molar-refractivity contribution in [1.29, 1.82) is 0 Å². The minimum Gasteiger partial charge on any atom is -0.495 e. The second-order valence-corrected chi connectivity index (χ2v) is 8.36. The lowest BCUT2D eigenvalue weighted by molar-refractivity contribution is -0.119. The Hall–Kier alpha value is -2.58. The van der Waals surface area contributed by atoms with Gasteiger partial charge in [-0.05, 0) is 48.7 Å². The molecule has 0 saturated heterocycles. The molecule has 2 rings (SSSR count).